The maximum absolute atomic E-state index is 11.2. The summed E-state index contributed by atoms with van der Waals surface area (Å²) in [6.07, 6.45) is 5.21. The molecule has 1 saturated heterocycles. The van der Waals surface area contributed by atoms with Crippen molar-refractivity contribution in [3.05, 3.63) is 0 Å². The van der Waals surface area contributed by atoms with Crippen LogP contribution in [0.5, 0.6) is 0 Å². The number of rotatable bonds is 5. The van der Waals surface area contributed by atoms with E-state index in [4.69, 9.17) is 0 Å². The van der Waals surface area contributed by atoms with E-state index in [0.29, 0.717) is 12.2 Å². The Morgan fingerprint density at radius 1 is 1.33 bits per heavy atom. The fourth-order valence-electron chi connectivity index (χ4n) is 2.35. The molecule has 1 aliphatic rings. The number of piperidine rings is 1. The highest BCUT2D eigenvalue weighted by Crippen LogP contribution is 2.21. The van der Waals surface area contributed by atoms with Crippen LogP contribution in [0.15, 0.2) is 0 Å². The summed E-state index contributed by atoms with van der Waals surface area (Å²) in [5.74, 6) is 1.25. The van der Waals surface area contributed by atoms with E-state index >= 15 is 0 Å². The SMILES string of the molecule is CCC(=O)CCCN1CC(C)CCC1C. The van der Waals surface area contributed by atoms with Crippen LogP contribution in [-0.4, -0.2) is 29.8 Å². The van der Waals surface area contributed by atoms with Crippen molar-refractivity contribution >= 4 is 5.78 Å². The van der Waals surface area contributed by atoms with Crippen LogP contribution < -0.4 is 0 Å². The number of hydrogen-bond acceptors (Lipinski definition) is 2. The van der Waals surface area contributed by atoms with Gasteiger partial charge in [0.25, 0.3) is 0 Å². The average Bonchev–Trinajstić information content (AvgIpc) is 2.23. The Bertz CT molecular complexity index is 203. The molecule has 0 spiro atoms. The first kappa shape index (κ1) is 12.7. The molecule has 1 aliphatic heterocycles. The summed E-state index contributed by atoms with van der Waals surface area (Å²) in [6.45, 7) is 8.93. The molecular formula is C13H25NO. The molecule has 0 N–H and O–H groups in total. The van der Waals surface area contributed by atoms with Crippen LogP contribution in [-0.2, 0) is 4.79 Å². The monoisotopic (exact) mass is 211 g/mol. The summed E-state index contributed by atoms with van der Waals surface area (Å²) in [6, 6.07) is 0.720. The predicted molar refractivity (Wildman–Crippen MR) is 64.0 cm³/mol. The Labute approximate surface area is 94.0 Å². The molecule has 0 radical (unpaired) electrons. The minimum Gasteiger partial charge on any atom is -0.300 e. The molecule has 0 amide bonds. The quantitative estimate of drug-likeness (QED) is 0.697. The Balaban J connectivity index is 2.21. The van der Waals surface area contributed by atoms with E-state index in [-0.39, 0.29) is 0 Å². The van der Waals surface area contributed by atoms with Gasteiger partial charge in [-0.2, -0.15) is 0 Å². The number of carbonyl (C=O) groups is 1. The summed E-state index contributed by atoms with van der Waals surface area (Å²) in [5, 5.41) is 0. The van der Waals surface area contributed by atoms with Gasteiger partial charge in [0.2, 0.25) is 0 Å². The van der Waals surface area contributed by atoms with Gasteiger partial charge >= 0.3 is 0 Å². The number of hydrogen-bond donors (Lipinski definition) is 0. The van der Waals surface area contributed by atoms with Crippen molar-refractivity contribution in [1.82, 2.24) is 4.90 Å². The summed E-state index contributed by atoms with van der Waals surface area (Å²) < 4.78 is 0. The number of likely N-dealkylation sites (tertiary alicyclic amines) is 1. The Kier molecular flexibility index (Phi) is 5.30. The van der Waals surface area contributed by atoms with Crippen LogP contribution in [0.3, 0.4) is 0 Å². The van der Waals surface area contributed by atoms with Gasteiger partial charge in [-0.3, -0.25) is 4.79 Å². The van der Waals surface area contributed by atoms with Crippen LogP contribution in [0, 0.1) is 5.92 Å². The van der Waals surface area contributed by atoms with Gasteiger partial charge in [0.1, 0.15) is 5.78 Å². The van der Waals surface area contributed by atoms with E-state index in [1.54, 1.807) is 0 Å². The minimum absolute atomic E-state index is 0.410. The van der Waals surface area contributed by atoms with Crippen molar-refractivity contribution in [2.45, 2.75) is 58.9 Å². The zero-order chi connectivity index (χ0) is 11.3. The average molecular weight is 211 g/mol. The summed E-state index contributed by atoms with van der Waals surface area (Å²) in [7, 11) is 0. The molecule has 0 saturated carbocycles. The third kappa shape index (κ3) is 4.33. The Morgan fingerprint density at radius 2 is 2.07 bits per heavy atom. The molecule has 88 valence electrons. The third-order valence-corrected chi connectivity index (χ3v) is 3.54. The number of carbonyl (C=O) groups excluding carboxylic acids is 1. The van der Waals surface area contributed by atoms with E-state index in [1.807, 2.05) is 6.92 Å². The maximum atomic E-state index is 11.2. The van der Waals surface area contributed by atoms with Crippen molar-refractivity contribution in [2.75, 3.05) is 13.1 Å². The largest absolute Gasteiger partial charge is 0.300 e. The molecule has 15 heavy (non-hydrogen) atoms. The molecular weight excluding hydrogens is 186 g/mol. The van der Waals surface area contributed by atoms with Crippen molar-refractivity contribution in [1.29, 1.82) is 0 Å². The van der Waals surface area contributed by atoms with Crippen LogP contribution in [0.25, 0.3) is 0 Å². The number of nitrogens with zero attached hydrogens (tertiary/aromatic N) is 1. The van der Waals surface area contributed by atoms with Crippen molar-refractivity contribution < 1.29 is 4.79 Å². The van der Waals surface area contributed by atoms with Gasteiger partial charge in [-0.1, -0.05) is 13.8 Å². The van der Waals surface area contributed by atoms with E-state index in [2.05, 4.69) is 18.7 Å². The second-order valence-electron chi connectivity index (χ2n) is 5.02. The van der Waals surface area contributed by atoms with Crippen LogP contribution >= 0.6 is 0 Å². The van der Waals surface area contributed by atoms with E-state index in [0.717, 1.165) is 31.3 Å². The van der Waals surface area contributed by atoms with Crippen molar-refractivity contribution in [3.63, 3.8) is 0 Å². The predicted octanol–water partition coefficient (Wildman–Crippen LogP) is 2.87. The maximum Gasteiger partial charge on any atom is 0.132 e. The first-order chi connectivity index (χ1) is 7.13. The van der Waals surface area contributed by atoms with Crippen LogP contribution in [0.1, 0.15) is 52.9 Å². The number of ketones is 1. The van der Waals surface area contributed by atoms with Gasteiger partial charge in [-0.15, -0.1) is 0 Å². The fraction of sp³-hybridized carbons (Fsp3) is 0.923. The summed E-state index contributed by atoms with van der Waals surface area (Å²) in [5.41, 5.74) is 0. The molecule has 0 bridgehead atoms. The van der Waals surface area contributed by atoms with Gasteiger partial charge in [0.15, 0.2) is 0 Å². The fourth-order valence-corrected chi connectivity index (χ4v) is 2.35. The van der Waals surface area contributed by atoms with Gasteiger partial charge in [0, 0.05) is 25.4 Å². The molecule has 1 rings (SSSR count). The van der Waals surface area contributed by atoms with E-state index in [1.165, 1.54) is 19.4 Å². The molecule has 2 unspecified atom stereocenters. The van der Waals surface area contributed by atoms with Gasteiger partial charge in [-0.05, 0) is 38.6 Å². The first-order valence-corrected chi connectivity index (χ1v) is 6.39. The summed E-state index contributed by atoms with van der Waals surface area (Å²) >= 11 is 0. The summed E-state index contributed by atoms with van der Waals surface area (Å²) in [4.78, 5) is 13.7. The molecule has 2 atom stereocenters. The first-order valence-electron chi connectivity index (χ1n) is 6.39. The normalized spacial score (nSPS) is 27.9. The molecule has 1 fully saturated rings. The van der Waals surface area contributed by atoms with Crippen molar-refractivity contribution in [3.8, 4) is 0 Å². The third-order valence-electron chi connectivity index (χ3n) is 3.54. The smallest absolute Gasteiger partial charge is 0.132 e. The van der Waals surface area contributed by atoms with Crippen molar-refractivity contribution in [2.24, 2.45) is 5.92 Å². The Hall–Kier alpha value is -0.370. The molecule has 0 aromatic heterocycles. The highest BCUT2D eigenvalue weighted by molar-refractivity contribution is 5.77. The minimum atomic E-state index is 0.410. The lowest BCUT2D eigenvalue weighted by Gasteiger charge is -2.36. The van der Waals surface area contributed by atoms with Gasteiger partial charge in [0.05, 0.1) is 0 Å². The molecule has 0 aromatic rings. The lowest BCUT2D eigenvalue weighted by Crippen LogP contribution is -2.41. The standard InChI is InChI=1S/C13H25NO/c1-4-13(15)6-5-9-14-10-11(2)7-8-12(14)3/h11-12H,4-10H2,1-3H3. The molecule has 0 aromatic carbocycles. The molecule has 2 heteroatoms. The van der Waals surface area contributed by atoms with Gasteiger partial charge in [-0.25, -0.2) is 0 Å². The highest BCUT2D eigenvalue weighted by atomic mass is 16.1. The highest BCUT2D eigenvalue weighted by Gasteiger charge is 2.22. The lowest BCUT2D eigenvalue weighted by atomic mass is 9.95. The number of Topliss-reactive ketones (excluding diaryl/α,β-unsaturated/α-hetero) is 1. The van der Waals surface area contributed by atoms with Crippen LogP contribution in [0.2, 0.25) is 0 Å². The lowest BCUT2D eigenvalue weighted by molar-refractivity contribution is -0.118. The molecule has 2 nitrogen and oxygen atoms in total. The second-order valence-corrected chi connectivity index (χ2v) is 5.02. The molecule has 0 aliphatic carbocycles. The second kappa shape index (κ2) is 6.26. The topological polar surface area (TPSA) is 20.3 Å². The van der Waals surface area contributed by atoms with E-state index in [9.17, 15) is 4.79 Å². The van der Waals surface area contributed by atoms with Gasteiger partial charge < -0.3 is 4.90 Å². The molecule has 1 heterocycles. The Morgan fingerprint density at radius 3 is 2.73 bits per heavy atom. The van der Waals surface area contributed by atoms with E-state index < -0.39 is 0 Å². The zero-order valence-electron chi connectivity index (χ0n) is 10.5. The zero-order valence-corrected chi connectivity index (χ0v) is 10.5. The van der Waals surface area contributed by atoms with Crippen LogP contribution in [0.4, 0.5) is 0 Å².